The monoisotopic (exact) mass is 282 g/mol. The quantitative estimate of drug-likeness (QED) is 0.688. The smallest absolute Gasteiger partial charge is 0.358 e. The minimum atomic E-state index is -0.503. The fourth-order valence-electron chi connectivity index (χ4n) is 1.99. The van der Waals surface area contributed by atoms with Gasteiger partial charge in [0.25, 0.3) is 0 Å². The third kappa shape index (κ3) is 2.74. The van der Waals surface area contributed by atoms with Crippen LogP contribution in [-0.2, 0) is 11.3 Å². The molecule has 0 atom stereocenters. The molecule has 0 aliphatic rings. The van der Waals surface area contributed by atoms with Gasteiger partial charge >= 0.3 is 5.97 Å². The summed E-state index contributed by atoms with van der Waals surface area (Å²) in [5, 5.41) is 0. The minimum absolute atomic E-state index is 0.107. The SMILES string of the molecule is Cc1cnc(C(=O)OCc2cn3cccc(C)c3n2)cn1. The topological polar surface area (TPSA) is 69.4 Å². The highest BCUT2D eigenvalue weighted by Gasteiger charge is 2.11. The highest BCUT2D eigenvalue weighted by atomic mass is 16.5. The number of aryl methyl sites for hydroxylation is 2. The molecule has 21 heavy (non-hydrogen) atoms. The van der Waals surface area contributed by atoms with E-state index in [1.807, 2.05) is 35.9 Å². The second kappa shape index (κ2) is 5.32. The Morgan fingerprint density at radius 1 is 1.29 bits per heavy atom. The summed E-state index contributed by atoms with van der Waals surface area (Å²) in [4.78, 5) is 24.3. The number of hydrogen-bond donors (Lipinski definition) is 0. The highest BCUT2D eigenvalue weighted by molar-refractivity contribution is 5.86. The number of imidazole rings is 1. The van der Waals surface area contributed by atoms with E-state index in [0.29, 0.717) is 5.69 Å². The van der Waals surface area contributed by atoms with Gasteiger partial charge in [0.2, 0.25) is 0 Å². The van der Waals surface area contributed by atoms with Crippen molar-refractivity contribution in [2.24, 2.45) is 0 Å². The van der Waals surface area contributed by atoms with Crippen molar-refractivity contribution >= 4 is 11.6 Å². The van der Waals surface area contributed by atoms with Gasteiger partial charge in [-0.15, -0.1) is 0 Å². The molecule has 0 aliphatic heterocycles. The van der Waals surface area contributed by atoms with Crippen LogP contribution < -0.4 is 0 Å². The summed E-state index contributed by atoms with van der Waals surface area (Å²) >= 11 is 0. The molecule has 0 aromatic carbocycles. The van der Waals surface area contributed by atoms with Crippen molar-refractivity contribution in [1.82, 2.24) is 19.4 Å². The lowest BCUT2D eigenvalue weighted by Gasteiger charge is -2.01. The van der Waals surface area contributed by atoms with Gasteiger partial charge in [0.15, 0.2) is 5.69 Å². The molecule has 0 saturated heterocycles. The summed E-state index contributed by atoms with van der Waals surface area (Å²) < 4.78 is 7.11. The van der Waals surface area contributed by atoms with Gasteiger partial charge in [-0.25, -0.2) is 14.8 Å². The van der Waals surface area contributed by atoms with E-state index in [0.717, 1.165) is 16.9 Å². The second-order valence-electron chi connectivity index (χ2n) is 4.77. The van der Waals surface area contributed by atoms with Gasteiger partial charge in [0.1, 0.15) is 12.3 Å². The van der Waals surface area contributed by atoms with E-state index < -0.39 is 5.97 Å². The van der Waals surface area contributed by atoms with Gasteiger partial charge in [-0.2, -0.15) is 0 Å². The number of nitrogens with zero attached hydrogens (tertiary/aromatic N) is 4. The molecular formula is C15H14N4O2. The van der Waals surface area contributed by atoms with Crippen LogP contribution in [0.4, 0.5) is 0 Å². The molecule has 6 heteroatoms. The number of fused-ring (bicyclic) bond motifs is 1. The van der Waals surface area contributed by atoms with E-state index in [1.54, 1.807) is 6.92 Å². The van der Waals surface area contributed by atoms with Crippen LogP contribution in [0.1, 0.15) is 27.4 Å². The first-order valence-electron chi connectivity index (χ1n) is 6.52. The van der Waals surface area contributed by atoms with E-state index in [-0.39, 0.29) is 12.3 Å². The van der Waals surface area contributed by atoms with Gasteiger partial charge in [0.05, 0.1) is 17.6 Å². The van der Waals surface area contributed by atoms with Crippen LogP contribution in [0, 0.1) is 13.8 Å². The summed E-state index contributed by atoms with van der Waals surface area (Å²) in [7, 11) is 0. The highest BCUT2D eigenvalue weighted by Crippen LogP contribution is 2.11. The molecule has 0 amide bonds. The maximum absolute atomic E-state index is 11.9. The molecule has 6 nitrogen and oxygen atoms in total. The van der Waals surface area contributed by atoms with Crippen molar-refractivity contribution in [3.63, 3.8) is 0 Å². The summed E-state index contributed by atoms with van der Waals surface area (Å²) in [6.45, 7) is 3.90. The van der Waals surface area contributed by atoms with Gasteiger partial charge < -0.3 is 9.14 Å². The fraction of sp³-hybridized carbons (Fsp3) is 0.200. The lowest BCUT2D eigenvalue weighted by atomic mass is 10.3. The standard InChI is InChI=1S/C15H14N4O2/c1-10-4-3-5-19-8-12(18-14(10)19)9-21-15(20)13-7-16-11(2)6-17-13/h3-8H,9H2,1-2H3. The number of hydrogen-bond acceptors (Lipinski definition) is 5. The normalized spacial score (nSPS) is 10.8. The number of pyridine rings is 1. The molecule has 0 aliphatic carbocycles. The molecule has 0 N–H and O–H groups in total. The Hall–Kier alpha value is -2.76. The summed E-state index contributed by atoms with van der Waals surface area (Å²) in [5.41, 5.74) is 3.57. The van der Waals surface area contributed by atoms with Crippen LogP contribution in [-0.4, -0.2) is 25.3 Å². The number of carbonyl (C=O) groups is 1. The maximum Gasteiger partial charge on any atom is 0.358 e. The molecule has 0 spiro atoms. The molecule has 0 radical (unpaired) electrons. The van der Waals surface area contributed by atoms with Crippen molar-refractivity contribution in [3.05, 3.63) is 59.6 Å². The van der Waals surface area contributed by atoms with Crippen molar-refractivity contribution in [3.8, 4) is 0 Å². The van der Waals surface area contributed by atoms with Gasteiger partial charge in [-0.3, -0.25) is 4.98 Å². The van der Waals surface area contributed by atoms with Crippen LogP contribution in [0.25, 0.3) is 5.65 Å². The second-order valence-corrected chi connectivity index (χ2v) is 4.77. The number of aromatic nitrogens is 4. The van der Waals surface area contributed by atoms with Crippen molar-refractivity contribution < 1.29 is 9.53 Å². The van der Waals surface area contributed by atoms with Crippen LogP contribution in [0.5, 0.6) is 0 Å². The number of ether oxygens (including phenoxy) is 1. The lowest BCUT2D eigenvalue weighted by molar-refractivity contribution is 0.0460. The van der Waals surface area contributed by atoms with Crippen LogP contribution in [0.2, 0.25) is 0 Å². The lowest BCUT2D eigenvalue weighted by Crippen LogP contribution is -2.08. The Bertz CT molecular complexity index is 793. The molecule has 0 fully saturated rings. The zero-order valence-electron chi connectivity index (χ0n) is 11.8. The maximum atomic E-state index is 11.9. The number of carbonyl (C=O) groups excluding carboxylic acids is 1. The summed E-state index contributed by atoms with van der Waals surface area (Å²) in [6.07, 6.45) is 6.69. The first kappa shape index (κ1) is 13.2. The average Bonchev–Trinajstić information content (AvgIpc) is 2.90. The zero-order chi connectivity index (χ0) is 14.8. The first-order valence-corrected chi connectivity index (χ1v) is 6.52. The van der Waals surface area contributed by atoms with E-state index >= 15 is 0 Å². The minimum Gasteiger partial charge on any atom is -0.454 e. The summed E-state index contributed by atoms with van der Waals surface area (Å²) in [6, 6.07) is 3.93. The van der Waals surface area contributed by atoms with Crippen molar-refractivity contribution in [1.29, 1.82) is 0 Å². The van der Waals surface area contributed by atoms with E-state index in [2.05, 4.69) is 15.0 Å². The molecule has 3 aromatic rings. The van der Waals surface area contributed by atoms with E-state index in [4.69, 9.17) is 4.74 Å². The van der Waals surface area contributed by atoms with Gasteiger partial charge in [-0.05, 0) is 25.5 Å². The summed E-state index contributed by atoms with van der Waals surface area (Å²) in [5.74, 6) is -0.503. The molecule has 3 heterocycles. The van der Waals surface area contributed by atoms with Crippen LogP contribution in [0.15, 0.2) is 36.9 Å². The largest absolute Gasteiger partial charge is 0.454 e. The molecule has 0 bridgehead atoms. The Balaban J connectivity index is 1.72. The first-order chi connectivity index (χ1) is 10.1. The third-order valence-corrected chi connectivity index (χ3v) is 3.07. The van der Waals surface area contributed by atoms with Gasteiger partial charge in [-0.1, -0.05) is 6.07 Å². The molecule has 0 saturated carbocycles. The predicted octanol–water partition coefficient (Wildman–Crippen LogP) is 2.10. The van der Waals surface area contributed by atoms with Crippen molar-refractivity contribution in [2.75, 3.05) is 0 Å². The van der Waals surface area contributed by atoms with Crippen molar-refractivity contribution in [2.45, 2.75) is 20.5 Å². The Morgan fingerprint density at radius 2 is 2.14 bits per heavy atom. The van der Waals surface area contributed by atoms with E-state index in [9.17, 15) is 4.79 Å². The third-order valence-electron chi connectivity index (χ3n) is 3.07. The zero-order valence-corrected chi connectivity index (χ0v) is 11.8. The molecule has 106 valence electrons. The molecule has 3 rings (SSSR count). The molecule has 3 aromatic heterocycles. The predicted molar refractivity (Wildman–Crippen MR) is 75.8 cm³/mol. The average molecular weight is 282 g/mol. The molecular weight excluding hydrogens is 268 g/mol. The number of rotatable bonds is 3. The van der Waals surface area contributed by atoms with Crippen LogP contribution >= 0.6 is 0 Å². The Morgan fingerprint density at radius 3 is 2.86 bits per heavy atom. The van der Waals surface area contributed by atoms with Gasteiger partial charge in [0, 0.05) is 18.6 Å². The molecule has 0 unspecified atom stereocenters. The fourth-order valence-corrected chi connectivity index (χ4v) is 1.99. The Labute approximate surface area is 121 Å². The van der Waals surface area contributed by atoms with Crippen LogP contribution in [0.3, 0.4) is 0 Å². The Kier molecular flexibility index (Phi) is 3.35. The number of esters is 1. The van der Waals surface area contributed by atoms with E-state index in [1.165, 1.54) is 12.4 Å².